The zero-order chi connectivity index (χ0) is 15.6. The number of thiophene rings is 1. The van der Waals surface area contributed by atoms with Crippen LogP contribution in [0.4, 0.5) is 17.2 Å². The normalized spacial score (nSPS) is 10.8. The van der Waals surface area contributed by atoms with E-state index in [9.17, 15) is 5.11 Å². The van der Waals surface area contributed by atoms with Crippen molar-refractivity contribution in [3.05, 3.63) is 72.4 Å². The second kappa shape index (κ2) is 5.70. The summed E-state index contributed by atoms with van der Waals surface area (Å²) in [4.78, 5) is 10.9. The molecule has 0 radical (unpaired) electrons. The molecule has 4 rings (SSSR count). The molecule has 0 fully saturated rings. The van der Waals surface area contributed by atoms with Gasteiger partial charge in [-0.1, -0.05) is 18.2 Å². The fourth-order valence-electron chi connectivity index (χ4n) is 2.51. The van der Waals surface area contributed by atoms with Gasteiger partial charge in [-0.2, -0.15) is 0 Å². The highest BCUT2D eigenvalue weighted by Crippen LogP contribution is 2.38. The van der Waals surface area contributed by atoms with E-state index in [1.54, 1.807) is 29.8 Å². The Hall–Kier alpha value is -2.92. The highest BCUT2D eigenvalue weighted by molar-refractivity contribution is 7.17. The highest BCUT2D eigenvalue weighted by Gasteiger charge is 2.17. The zero-order valence-electron chi connectivity index (χ0n) is 12.1. The van der Waals surface area contributed by atoms with Gasteiger partial charge in [0.25, 0.3) is 0 Å². The first-order valence-electron chi connectivity index (χ1n) is 7.15. The molecule has 0 amide bonds. The summed E-state index contributed by atoms with van der Waals surface area (Å²) in [5.74, 6) is 1.08. The van der Waals surface area contributed by atoms with Gasteiger partial charge in [-0.25, -0.2) is 9.97 Å². The summed E-state index contributed by atoms with van der Waals surface area (Å²) < 4.78 is 1.03. The first-order chi connectivity index (χ1) is 11.3. The van der Waals surface area contributed by atoms with Crippen LogP contribution in [0, 0.1) is 0 Å². The van der Waals surface area contributed by atoms with Crippen LogP contribution in [0.1, 0.15) is 0 Å². The summed E-state index contributed by atoms with van der Waals surface area (Å²) in [7, 11) is 0. The Kier molecular flexibility index (Phi) is 3.40. The van der Waals surface area contributed by atoms with Gasteiger partial charge in [-0.15, -0.1) is 11.3 Å². The van der Waals surface area contributed by atoms with Gasteiger partial charge in [-0.3, -0.25) is 4.90 Å². The van der Waals surface area contributed by atoms with Gasteiger partial charge in [0.05, 0.1) is 10.2 Å². The molecule has 0 atom stereocenters. The number of aromatic nitrogens is 2. The number of rotatable bonds is 3. The fourth-order valence-corrected chi connectivity index (χ4v) is 3.33. The molecule has 0 aliphatic heterocycles. The van der Waals surface area contributed by atoms with E-state index < -0.39 is 0 Å². The van der Waals surface area contributed by atoms with Crippen molar-refractivity contribution >= 4 is 38.7 Å². The first kappa shape index (κ1) is 13.7. The van der Waals surface area contributed by atoms with E-state index in [1.807, 2.05) is 53.9 Å². The number of hydrogen-bond donors (Lipinski definition) is 1. The van der Waals surface area contributed by atoms with Crippen molar-refractivity contribution in [1.29, 1.82) is 0 Å². The number of para-hydroxylation sites is 1. The van der Waals surface area contributed by atoms with Crippen LogP contribution in [0.25, 0.3) is 10.2 Å². The van der Waals surface area contributed by atoms with E-state index in [-0.39, 0.29) is 5.75 Å². The summed E-state index contributed by atoms with van der Waals surface area (Å²) in [5.41, 5.74) is 2.87. The molecule has 0 saturated carbocycles. The largest absolute Gasteiger partial charge is 0.508 e. The van der Waals surface area contributed by atoms with Crippen molar-refractivity contribution in [3.63, 3.8) is 0 Å². The minimum absolute atomic E-state index is 0.241. The Morgan fingerprint density at radius 3 is 2.35 bits per heavy atom. The van der Waals surface area contributed by atoms with Crippen LogP contribution in [0.5, 0.6) is 5.75 Å². The number of phenolic OH excluding ortho intramolecular Hbond substituents is 1. The molecule has 0 unspecified atom stereocenters. The van der Waals surface area contributed by atoms with E-state index in [2.05, 4.69) is 14.9 Å². The van der Waals surface area contributed by atoms with Crippen LogP contribution < -0.4 is 4.90 Å². The molecule has 0 aliphatic carbocycles. The van der Waals surface area contributed by atoms with Crippen LogP contribution in [0.15, 0.2) is 72.4 Å². The van der Waals surface area contributed by atoms with Crippen molar-refractivity contribution in [3.8, 4) is 5.75 Å². The molecule has 1 N–H and O–H groups in total. The van der Waals surface area contributed by atoms with Gasteiger partial charge in [0.2, 0.25) is 0 Å². The number of hydrogen-bond acceptors (Lipinski definition) is 5. The molecule has 2 aromatic carbocycles. The summed E-state index contributed by atoms with van der Waals surface area (Å²) >= 11 is 1.62. The SMILES string of the molecule is Oc1ccc(N(c2ccccc2)c2ncnc3ccsc23)cc1. The van der Waals surface area contributed by atoms with Crippen molar-refractivity contribution in [2.75, 3.05) is 4.90 Å². The fraction of sp³-hybridized carbons (Fsp3) is 0. The predicted molar refractivity (Wildman–Crippen MR) is 93.8 cm³/mol. The second-order valence-electron chi connectivity index (χ2n) is 5.02. The van der Waals surface area contributed by atoms with E-state index in [1.165, 1.54) is 0 Å². The Bertz CT molecular complexity index is 935. The third-order valence-corrected chi connectivity index (χ3v) is 4.46. The average Bonchev–Trinajstić information content (AvgIpc) is 3.07. The molecule has 4 nitrogen and oxygen atoms in total. The maximum Gasteiger partial charge on any atom is 0.159 e. The van der Waals surface area contributed by atoms with Crippen LogP contribution in [-0.4, -0.2) is 15.1 Å². The lowest BCUT2D eigenvalue weighted by molar-refractivity contribution is 0.475. The minimum Gasteiger partial charge on any atom is -0.508 e. The summed E-state index contributed by atoms with van der Waals surface area (Å²) in [6.45, 7) is 0. The van der Waals surface area contributed by atoms with Crippen LogP contribution in [0.2, 0.25) is 0 Å². The molecule has 0 aliphatic rings. The van der Waals surface area contributed by atoms with Crippen LogP contribution in [-0.2, 0) is 0 Å². The van der Waals surface area contributed by atoms with Gasteiger partial charge in [0, 0.05) is 11.4 Å². The second-order valence-corrected chi connectivity index (χ2v) is 5.94. The lowest BCUT2D eigenvalue weighted by Gasteiger charge is -2.24. The molecule has 4 aromatic rings. The zero-order valence-corrected chi connectivity index (χ0v) is 12.9. The minimum atomic E-state index is 0.241. The smallest absolute Gasteiger partial charge is 0.159 e. The topological polar surface area (TPSA) is 49.2 Å². The summed E-state index contributed by atoms with van der Waals surface area (Å²) in [6, 6.07) is 19.2. The Balaban J connectivity index is 1.95. The van der Waals surface area contributed by atoms with Gasteiger partial charge in [0.1, 0.15) is 12.1 Å². The number of fused-ring (bicyclic) bond motifs is 1. The third-order valence-electron chi connectivity index (χ3n) is 3.56. The van der Waals surface area contributed by atoms with Gasteiger partial charge < -0.3 is 5.11 Å². The van der Waals surface area contributed by atoms with Gasteiger partial charge in [-0.05, 0) is 47.8 Å². The van der Waals surface area contributed by atoms with Crippen LogP contribution >= 0.6 is 11.3 Å². The summed E-state index contributed by atoms with van der Waals surface area (Å²) in [5, 5.41) is 11.6. The molecule has 2 heterocycles. The molecule has 5 heteroatoms. The van der Waals surface area contributed by atoms with Crippen molar-refractivity contribution in [2.24, 2.45) is 0 Å². The Morgan fingerprint density at radius 1 is 0.826 bits per heavy atom. The molecule has 0 spiro atoms. The number of phenols is 1. The number of benzene rings is 2. The Morgan fingerprint density at radius 2 is 1.57 bits per heavy atom. The molecule has 0 bridgehead atoms. The highest BCUT2D eigenvalue weighted by atomic mass is 32.1. The molecular weight excluding hydrogens is 306 g/mol. The van der Waals surface area contributed by atoms with E-state index in [0.29, 0.717) is 0 Å². The molecule has 23 heavy (non-hydrogen) atoms. The van der Waals surface area contributed by atoms with Crippen molar-refractivity contribution in [2.45, 2.75) is 0 Å². The molecule has 2 aromatic heterocycles. The lowest BCUT2D eigenvalue weighted by atomic mass is 10.2. The number of nitrogens with zero attached hydrogens (tertiary/aromatic N) is 3. The number of anilines is 3. The van der Waals surface area contributed by atoms with Crippen molar-refractivity contribution in [1.82, 2.24) is 9.97 Å². The Labute approximate surface area is 137 Å². The van der Waals surface area contributed by atoms with E-state index in [4.69, 9.17) is 0 Å². The quantitative estimate of drug-likeness (QED) is 0.585. The average molecular weight is 319 g/mol. The van der Waals surface area contributed by atoms with E-state index >= 15 is 0 Å². The van der Waals surface area contributed by atoms with Crippen molar-refractivity contribution < 1.29 is 5.11 Å². The maximum atomic E-state index is 9.58. The van der Waals surface area contributed by atoms with E-state index in [0.717, 1.165) is 27.4 Å². The lowest BCUT2D eigenvalue weighted by Crippen LogP contribution is -2.11. The predicted octanol–water partition coefficient (Wildman–Crippen LogP) is 4.87. The molecular formula is C18H13N3OS. The maximum absolute atomic E-state index is 9.58. The monoisotopic (exact) mass is 319 g/mol. The third kappa shape index (κ3) is 2.51. The van der Waals surface area contributed by atoms with Gasteiger partial charge in [0.15, 0.2) is 5.82 Å². The summed E-state index contributed by atoms with van der Waals surface area (Å²) in [6.07, 6.45) is 1.58. The molecule has 0 saturated heterocycles. The first-order valence-corrected chi connectivity index (χ1v) is 8.03. The molecule has 112 valence electrons. The van der Waals surface area contributed by atoms with Crippen LogP contribution in [0.3, 0.4) is 0 Å². The standard InChI is InChI=1S/C18H13N3OS/c22-15-8-6-14(7-9-15)21(13-4-2-1-3-5-13)18-17-16(10-11-23-17)19-12-20-18/h1-12,22H. The number of aromatic hydroxyl groups is 1. The van der Waals surface area contributed by atoms with Gasteiger partial charge >= 0.3 is 0 Å².